The molecule has 2 rings (SSSR count). The molecule has 1 aromatic heterocycles. The van der Waals surface area contributed by atoms with Crippen molar-refractivity contribution in [3.63, 3.8) is 0 Å². The zero-order chi connectivity index (χ0) is 19.7. The number of aromatic nitrogens is 2. The van der Waals surface area contributed by atoms with E-state index in [1.807, 2.05) is 30.5 Å². The molecule has 1 aromatic carbocycles. The molecule has 0 spiro atoms. The third kappa shape index (κ3) is 10.0. The van der Waals surface area contributed by atoms with Gasteiger partial charge in [0.1, 0.15) is 0 Å². The lowest BCUT2D eigenvalue weighted by atomic mass is 10.1. The van der Waals surface area contributed by atoms with Gasteiger partial charge >= 0.3 is 0 Å². The zero-order valence-corrected chi connectivity index (χ0v) is 18.0. The molecule has 0 atom stereocenters. The zero-order valence-electron chi connectivity index (χ0n) is 18.0. The van der Waals surface area contributed by atoms with Gasteiger partial charge in [0.05, 0.1) is 16.7 Å². The number of unbranched alkanes of at least 4 members (excludes halogenated alkanes) is 12. The van der Waals surface area contributed by atoms with Crippen LogP contribution < -0.4 is 0 Å². The first-order valence-electron chi connectivity index (χ1n) is 11.8. The third-order valence-electron chi connectivity index (χ3n) is 5.44. The van der Waals surface area contributed by atoms with Crippen LogP contribution in [0.25, 0.3) is 11.0 Å². The minimum absolute atomic E-state index is 0.993. The summed E-state index contributed by atoms with van der Waals surface area (Å²) in [5, 5.41) is 0. The highest BCUT2D eigenvalue weighted by atomic mass is 14.8. The van der Waals surface area contributed by atoms with Crippen molar-refractivity contribution >= 4 is 11.0 Å². The molecule has 2 heteroatoms. The molecule has 0 fully saturated rings. The molecule has 0 saturated carbocycles. The van der Waals surface area contributed by atoms with Crippen LogP contribution in [0.2, 0.25) is 0 Å². The normalized spacial score (nSPS) is 11.6. The number of benzene rings is 1. The SMILES string of the molecule is CCCCCCCC/C=C\CCCCCCCCc1cnc2ccccc2n1. The van der Waals surface area contributed by atoms with E-state index in [9.17, 15) is 0 Å². The van der Waals surface area contributed by atoms with E-state index in [2.05, 4.69) is 24.1 Å². The van der Waals surface area contributed by atoms with Crippen LogP contribution in [0.5, 0.6) is 0 Å². The Morgan fingerprint density at radius 3 is 1.93 bits per heavy atom. The molecule has 0 aliphatic carbocycles. The van der Waals surface area contributed by atoms with Crippen molar-refractivity contribution in [3.05, 3.63) is 48.3 Å². The highest BCUT2D eigenvalue weighted by Gasteiger charge is 1.99. The Morgan fingerprint density at radius 1 is 0.679 bits per heavy atom. The van der Waals surface area contributed by atoms with Gasteiger partial charge in [-0.1, -0.05) is 89.0 Å². The minimum atomic E-state index is 0.993. The highest BCUT2D eigenvalue weighted by Crippen LogP contribution is 2.13. The summed E-state index contributed by atoms with van der Waals surface area (Å²) >= 11 is 0. The van der Waals surface area contributed by atoms with E-state index >= 15 is 0 Å². The summed E-state index contributed by atoms with van der Waals surface area (Å²) in [4.78, 5) is 9.22. The number of hydrogen-bond acceptors (Lipinski definition) is 2. The van der Waals surface area contributed by atoms with Crippen LogP contribution in [0.1, 0.15) is 103 Å². The van der Waals surface area contributed by atoms with Gasteiger partial charge in [0, 0.05) is 6.20 Å². The first kappa shape index (κ1) is 22.6. The van der Waals surface area contributed by atoms with Crippen LogP contribution in [0.4, 0.5) is 0 Å². The molecule has 0 aliphatic heterocycles. The maximum Gasteiger partial charge on any atom is 0.0890 e. The number of hydrogen-bond donors (Lipinski definition) is 0. The summed E-state index contributed by atoms with van der Waals surface area (Å²) in [7, 11) is 0. The summed E-state index contributed by atoms with van der Waals surface area (Å²) < 4.78 is 0. The van der Waals surface area contributed by atoms with E-state index in [-0.39, 0.29) is 0 Å². The average Bonchev–Trinajstić information content (AvgIpc) is 2.73. The Kier molecular flexibility index (Phi) is 12.3. The standard InChI is InChI=1S/C26H40N2/c1-2-3-4-5-6-7-8-9-10-11-12-13-14-15-16-17-20-24-23-27-25-21-18-19-22-26(25)28-24/h9-10,18-19,21-23H,2-8,11-17,20H2,1H3/b10-9-. The van der Waals surface area contributed by atoms with Gasteiger partial charge in [-0.05, 0) is 50.7 Å². The van der Waals surface area contributed by atoms with E-state index in [4.69, 9.17) is 4.98 Å². The van der Waals surface area contributed by atoms with Crippen molar-refractivity contribution in [1.29, 1.82) is 0 Å². The lowest BCUT2D eigenvalue weighted by Gasteiger charge is -2.03. The largest absolute Gasteiger partial charge is 0.253 e. The lowest BCUT2D eigenvalue weighted by molar-refractivity contribution is 0.593. The predicted octanol–water partition coefficient (Wildman–Crippen LogP) is 8.21. The predicted molar refractivity (Wildman–Crippen MR) is 123 cm³/mol. The average molecular weight is 381 g/mol. The number of aryl methyl sites for hydroxylation is 1. The van der Waals surface area contributed by atoms with Gasteiger partial charge in [-0.15, -0.1) is 0 Å². The van der Waals surface area contributed by atoms with Crippen molar-refractivity contribution in [1.82, 2.24) is 9.97 Å². The van der Waals surface area contributed by atoms with Gasteiger partial charge in [0.15, 0.2) is 0 Å². The van der Waals surface area contributed by atoms with Gasteiger partial charge in [-0.3, -0.25) is 4.98 Å². The summed E-state index contributed by atoms with van der Waals surface area (Å²) in [6, 6.07) is 8.12. The number of nitrogens with zero attached hydrogens (tertiary/aromatic N) is 2. The smallest absolute Gasteiger partial charge is 0.0890 e. The Morgan fingerprint density at radius 2 is 1.25 bits per heavy atom. The molecule has 0 amide bonds. The van der Waals surface area contributed by atoms with Gasteiger partial charge in [-0.25, -0.2) is 4.98 Å². The van der Waals surface area contributed by atoms with Gasteiger partial charge in [-0.2, -0.15) is 0 Å². The van der Waals surface area contributed by atoms with E-state index in [1.54, 1.807) is 0 Å². The van der Waals surface area contributed by atoms with Crippen LogP contribution in [0.3, 0.4) is 0 Å². The molecule has 2 aromatic rings. The Balaban J connectivity index is 1.39. The Hall–Kier alpha value is -1.70. The molecule has 0 radical (unpaired) electrons. The third-order valence-corrected chi connectivity index (χ3v) is 5.44. The van der Waals surface area contributed by atoms with E-state index in [0.29, 0.717) is 0 Å². The fraction of sp³-hybridized carbons (Fsp3) is 0.615. The van der Waals surface area contributed by atoms with Crippen molar-refractivity contribution in [2.75, 3.05) is 0 Å². The first-order valence-corrected chi connectivity index (χ1v) is 11.8. The molecule has 0 unspecified atom stereocenters. The van der Waals surface area contributed by atoms with Crippen LogP contribution in [-0.4, -0.2) is 9.97 Å². The highest BCUT2D eigenvalue weighted by molar-refractivity contribution is 5.73. The maximum absolute atomic E-state index is 4.71. The molecule has 0 saturated heterocycles. The second kappa shape index (κ2) is 15.2. The van der Waals surface area contributed by atoms with Crippen LogP contribution in [0, 0.1) is 0 Å². The molecule has 2 nitrogen and oxygen atoms in total. The van der Waals surface area contributed by atoms with E-state index in [0.717, 1.165) is 23.1 Å². The second-order valence-corrected chi connectivity index (χ2v) is 8.04. The van der Waals surface area contributed by atoms with Crippen LogP contribution >= 0.6 is 0 Å². The Bertz CT molecular complexity index is 662. The van der Waals surface area contributed by atoms with E-state index in [1.165, 1.54) is 89.9 Å². The van der Waals surface area contributed by atoms with Gasteiger partial charge in [0.2, 0.25) is 0 Å². The van der Waals surface area contributed by atoms with Gasteiger partial charge < -0.3 is 0 Å². The number of allylic oxidation sites excluding steroid dienone is 2. The van der Waals surface area contributed by atoms with Crippen molar-refractivity contribution in [3.8, 4) is 0 Å². The second-order valence-electron chi connectivity index (χ2n) is 8.04. The summed E-state index contributed by atoms with van der Waals surface area (Å²) in [5.41, 5.74) is 3.14. The first-order chi connectivity index (χ1) is 13.9. The fourth-order valence-electron chi connectivity index (χ4n) is 3.67. The van der Waals surface area contributed by atoms with Crippen LogP contribution in [-0.2, 0) is 6.42 Å². The molecule has 0 bridgehead atoms. The summed E-state index contributed by atoms with van der Waals surface area (Å²) in [6.45, 7) is 2.28. The van der Waals surface area contributed by atoms with Crippen molar-refractivity contribution < 1.29 is 0 Å². The van der Waals surface area contributed by atoms with E-state index < -0.39 is 0 Å². The minimum Gasteiger partial charge on any atom is -0.253 e. The molecular formula is C26H40N2. The van der Waals surface area contributed by atoms with Gasteiger partial charge in [0.25, 0.3) is 0 Å². The monoisotopic (exact) mass is 380 g/mol. The molecule has 0 aliphatic rings. The lowest BCUT2D eigenvalue weighted by Crippen LogP contribution is -1.93. The number of rotatable bonds is 16. The molecule has 0 N–H and O–H groups in total. The Labute approximate surface area is 172 Å². The van der Waals surface area contributed by atoms with Crippen molar-refractivity contribution in [2.24, 2.45) is 0 Å². The topological polar surface area (TPSA) is 25.8 Å². The number of para-hydroxylation sites is 2. The summed E-state index contributed by atoms with van der Waals surface area (Å²) in [5.74, 6) is 0. The van der Waals surface area contributed by atoms with Crippen LogP contribution in [0.15, 0.2) is 42.6 Å². The molecule has 28 heavy (non-hydrogen) atoms. The number of fused-ring (bicyclic) bond motifs is 1. The molecule has 154 valence electrons. The fourth-order valence-corrected chi connectivity index (χ4v) is 3.67. The quantitative estimate of drug-likeness (QED) is 0.216. The maximum atomic E-state index is 4.71. The molecular weight excluding hydrogens is 340 g/mol. The van der Waals surface area contributed by atoms with Crippen molar-refractivity contribution in [2.45, 2.75) is 103 Å². The summed E-state index contributed by atoms with van der Waals surface area (Å²) in [6.07, 6.45) is 26.7. The molecule has 1 heterocycles.